The van der Waals surface area contributed by atoms with Crippen LogP contribution in [0.25, 0.3) is 11.1 Å². The molecule has 1 atom stereocenters. The van der Waals surface area contributed by atoms with Crippen LogP contribution in [0.15, 0.2) is 48.5 Å². The number of guanidine groups is 1. The number of halogens is 1. The molecule has 1 aliphatic heterocycles. The van der Waals surface area contributed by atoms with Crippen LogP contribution in [0.5, 0.6) is 0 Å². The smallest absolute Gasteiger partial charge is 0.260 e. The molecule has 2 fully saturated rings. The number of amides is 1. The Morgan fingerprint density at radius 1 is 1.14 bits per heavy atom. The molecule has 0 radical (unpaired) electrons. The summed E-state index contributed by atoms with van der Waals surface area (Å²) < 4.78 is 0. The van der Waals surface area contributed by atoms with Crippen LogP contribution in [-0.4, -0.2) is 46.2 Å². The van der Waals surface area contributed by atoms with Crippen molar-refractivity contribution in [1.29, 1.82) is 5.41 Å². The quantitative estimate of drug-likeness (QED) is 0.599. The van der Waals surface area contributed by atoms with Gasteiger partial charge in [-0.25, -0.2) is 0 Å². The fraction of sp³-hybridized carbons (Fsp3) is 0.333. The van der Waals surface area contributed by atoms with E-state index in [2.05, 4.69) is 5.32 Å². The molecule has 2 aromatic rings. The van der Waals surface area contributed by atoms with Gasteiger partial charge in [0.1, 0.15) is 5.54 Å². The summed E-state index contributed by atoms with van der Waals surface area (Å²) >= 11 is 6.13. The predicted molar refractivity (Wildman–Crippen MR) is 107 cm³/mol. The first-order valence-corrected chi connectivity index (χ1v) is 9.67. The van der Waals surface area contributed by atoms with Gasteiger partial charge >= 0.3 is 0 Å². The van der Waals surface area contributed by atoms with Crippen LogP contribution < -0.4 is 5.32 Å². The molecule has 6 nitrogen and oxygen atoms in total. The molecule has 1 saturated carbocycles. The number of aliphatic hydroxyl groups is 2. The van der Waals surface area contributed by atoms with Crippen molar-refractivity contribution in [3.63, 3.8) is 0 Å². The van der Waals surface area contributed by atoms with E-state index in [0.29, 0.717) is 5.02 Å². The molecule has 0 spiro atoms. The highest BCUT2D eigenvalue weighted by Crippen LogP contribution is 2.49. The van der Waals surface area contributed by atoms with Gasteiger partial charge in [-0.3, -0.25) is 15.1 Å². The normalized spacial score (nSPS) is 22.1. The van der Waals surface area contributed by atoms with Crippen LogP contribution in [0.4, 0.5) is 0 Å². The summed E-state index contributed by atoms with van der Waals surface area (Å²) in [7, 11) is 0. The van der Waals surface area contributed by atoms with Gasteiger partial charge < -0.3 is 15.5 Å². The van der Waals surface area contributed by atoms with Gasteiger partial charge in [0.2, 0.25) is 0 Å². The van der Waals surface area contributed by atoms with Gasteiger partial charge in [0.05, 0.1) is 19.3 Å². The third-order valence-electron chi connectivity index (χ3n) is 5.56. The summed E-state index contributed by atoms with van der Waals surface area (Å²) in [6.45, 7) is -0.814. The third kappa shape index (κ3) is 2.98. The summed E-state index contributed by atoms with van der Waals surface area (Å²) in [6, 6.07) is 14.4. The fourth-order valence-corrected chi connectivity index (χ4v) is 4.19. The van der Waals surface area contributed by atoms with Gasteiger partial charge in [0.15, 0.2) is 5.96 Å². The second-order valence-corrected chi connectivity index (χ2v) is 7.78. The summed E-state index contributed by atoms with van der Waals surface area (Å²) in [5, 5.41) is 31.1. The SMILES string of the molecule is N=C1NC(c2cccc(-c3cccc(Cl)c3)c2)(C2CC2)C(=O)N1C(CO)CO. The van der Waals surface area contributed by atoms with E-state index in [-0.39, 0.29) is 17.8 Å². The largest absolute Gasteiger partial charge is 0.394 e. The number of hydrogen-bond acceptors (Lipinski definition) is 4. The monoisotopic (exact) mass is 399 g/mol. The van der Waals surface area contributed by atoms with Crippen LogP contribution in [-0.2, 0) is 10.3 Å². The Balaban J connectivity index is 1.79. The molecule has 1 aliphatic carbocycles. The van der Waals surface area contributed by atoms with Crippen molar-refractivity contribution in [1.82, 2.24) is 10.2 Å². The predicted octanol–water partition coefficient (Wildman–Crippen LogP) is 2.33. The molecule has 0 aromatic heterocycles. The summed E-state index contributed by atoms with van der Waals surface area (Å²) in [5.41, 5.74) is 1.61. The van der Waals surface area contributed by atoms with Crippen LogP contribution in [0, 0.1) is 11.3 Å². The highest BCUT2D eigenvalue weighted by Gasteiger charge is 2.60. The van der Waals surface area contributed by atoms with Crippen molar-refractivity contribution in [2.45, 2.75) is 24.4 Å². The number of carbonyl (C=O) groups excluding carboxylic acids is 1. The van der Waals surface area contributed by atoms with Crippen molar-refractivity contribution in [2.24, 2.45) is 5.92 Å². The maximum Gasteiger partial charge on any atom is 0.260 e. The van der Waals surface area contributed by atoms with Crippen LogP contribution in [0.1, 0.15) is 18.4 Å². The number of carbonyl (C=O) groups is 1. The summed E-state index contributed by atoms with van der Waals surface area (Å²) in [6.07, 6.45) is 1.76. The highest BCUT2D eigenvalue weighted by molar-refractivity contribution is 6.30. The van der Waals surface area contributed by atoms with E-state index in [4.69, 9.17) is 17.0 Å². The summed E-state index contributed by atoms with van der Waals surface area (Å²) in [5.74, 6) is -0.313. The summed E-state index contributed by atoms with van der Waals surface area (Å²) in [4.78, 5) is 14.6. The molecule has 1 heterocycles. The van der Waals surface area contributed by atoms with E-state index in [9.17, 15) is 15.0 Å². The number of aliphatic hydroxyl groups excluding tert-OH is 2. The zero-order chi connectivity index (χ0) is 19.9. The average Bonchev–Trinajstić information content (AvgIpc) is 3.51. The first-order valence-electron chi connectivity index (χ1n) is 9.30. The molecule has 7 heteroatoms. The molecule has 2 aromatic carbocycles. The number of rotatable bonds is 6. The Labute approximate surface area is 168 Å². The van der Waals surface area contributed by atoms with Crippen LogP contribution in [0.2, 0.25) is 5.02 Å². The second-order valence-electron chi connectivity index (χ2n) is 7.34. The van der Waals surface area contributed by atoms with E-state index < -0.39 is 24.8 Å². The van der Waals surface area contributed by atoms with Crippen molar-refractivity contribution in [3.8, 4) is 11.1 Å². The van der Waals surface area contributed by atoms with Gasteiger partial charge in [-0.15, -0.1) is 0 Å². The van der Waals surface area contributed by atoms with E-state index in [0.717, 1.165) is 29.5 Å². The van der Waals surface area contributed by atoms with Crippen LogP contribution in [0.3, 0.4) is 0 Å². The van der Waals surface area contributed by atoms with Crippen LogP contribution >= 0.6 is 11.6 Å². The molecule has 1 unspecified atom stereocenters. The number of benzene rings is 2. The molecular formula is C21H22ClN3O3. The van der Waals surface area contributed by atoms with E-state index in [1.807, 2.05) is 48.5 Å². The standard InChI is InChI=1S/C21H22ClN3O3/c22-17-6-2-4-14(10-17)13-3-1-5-16(9-13)21(15-7-8-15)19(28)25(20(23)24-21)18(11-26)12-27/h1-6,9-10,15,18,26-27H,7-8,11-12H2,(H2,23,24). The Kier molecular flexibility index (Phi) is 4.87. The molecular weight excluding hydrogens is 378 g/mol. The number of hydrogen-bond donors (Lipinski definition) is 4. The minimum Gasteiger partial charge on any atom is -0.394 e. The maximum absolute atomic E-state index is 13.5. The zero-order valence-electron chi connectivity index (χ0n) is 15.2. The topological polar surface area (TPSA) is 96.7 Å². The van der Waals surface area contributed by atoms with Gasteiger partial charge in [-0.05, 0) is 53.6 Å². The minimum atomic E-state index is -1.05. The van der Waals surface area contributed by atoms with Crippen molar-refractivity contribution < 1.29 is 15.0 Å². The molecule has 4 rings (SSSR count). The molecule has 146 valence electrons. The van der Waals surface area contributed by atoms with E-state index >= 15 is 0 Å². The lowest BCUT2D eigenvalue weighted by atomic mass is 9.83. The molecule has 2 aliphatic rings. The van der Waals surface area contributed by atoms with Crippen molar-refractivity contribution in [3.05, 3.63) is 59.1 Å². The van der Waals surface area contributed by atoms with E-state index in [1.165, 1.54) is 4.90 Å². The fourth-order valence-electron chi connectivity index (χ4n) is 4.00. The van der Waals surface area contributed by atoms with Gasteiger partial charge in [0.25, 0.3) is 5.91 Å². The molecule has 4 N–H and O–H groups in total. The van der Waals surface area contributed by atoms with Crippen molar-refractivity contribution >= 4 is 23.5 Å². The molecule has 0 bridgehead atoms. The number of nitrogens with one attached hydrogen (secondary N) is 2. The minimum absolute atomic E-state index is 0.0676. The molecule has 1 saturated heterocycles. The van der Waals surface area contributed by atoms with Gasteiger partial charge in [0, 0.05) is 5.02 Å². The Bertz CT molecular complexity index is 927. The number of nitrogens with zero attached hydrogens (tertiary/aromatic N) is 1. The lowest BCUT2D eigenvalue weighted by molar-refractivity contribution is -0.135. The Hall–Kier alpha value is -2.41. The molecule has 1 amide bonds. The van der Waals surface area contributed by atoms with Crippen molar-refractivity contribution in [2.75, 3.05) is 13.2 Å². The Morgan fingerprint density at radius 3 is 2.39 bits per heavy atom. The second kappa shape index (κ2) is 7.20. The lowest BCUT2D eigenvalue weighted by Gasteiger charge is -2.29. The van der Waals surface area contributed by atoms with Gasteiger partial charge in [-0.2, -0.15) is 0 Å². The maximum atomic E-state index is 13.5. The molecule has 28 heavy (non-hydrogen) atoms. The lowest BCUT2D eigenvalue weighted by Crippen LogP contribution is -2.48. The third-order valence-corrected chi connectivity index (χ3v) is 5.80. The van der Waals surface area contributed by atoms with E-state index in [1.54, 1.807) is 0 Å². The zero-order valence-corrected chi connectivity index (χ0v) is 16.0. The Morgan fingerprint density at radius 2 is 1.79 bits per heavy atom. The highest BCUT2D eigenvalue weighted by atomic mass is 35.5. The first-order chi connectivity index (χ1) is 13.5. The van der Waals surface area contributed by atoms with Gasteiger partial charge in [-0.1, -0.05) is 41.9 Å². The average molecular weight is 400 g/mol. The first kappa shape index (κ1) is 18.9.